The van der Waals surface area contributed by atoms with Crippen LogP contribution >= 0.6 is 15.9 Å². The number of hydrogen-bond donors (Lipinski definition) is 0. The van der Waals surface area contributed by atoms with Crippen molar-refractivity contribution >= 4 is 27.9 Å². The largest absolute Gasteiger partial charge is 0.497 e. The summed E-state index contributed by atoms with van der Waals surface area (Å²) in [4.78, 5) is 25.2. The van der Waals surface area contributed by atoms with Crippen LogP contribution in [0.4, 0.5) is 0 Å². The molecule has 1 aliphatic heterocycles. The van der Waals surface area contributed by atoms with Crippen LogP contribution in [-0.4, -0.2) is 25.7 Å². The fourth-order valence-electron chi connectivity index (χ4n) is 3.56. The van der Waals surface area contributed by atoms with Crippen molar-refractivity contribution in [2.75, 3.05) is 13.7 Å². The molecule has 0 unspecified atom stereocenters. The van der Waals surface area contributed by atoms with Gasteiger partial charge in [0.25, 0.3) is 0 Å². The number of benzene rings is 1. The van der Waals surface area contributed by atoms with Gasteiger partial charge in [0.15, 0.2) is 0 Å². The molecule has 1 heterocycles. The standard InChI is InChI=1S/C20H21BrO5/c1-3-25-18(22)16-12-15(13-7-9-14(24-2)10-8-13)20(19(23)26-16)11-5-4-6-17(20)21/h6-10,12,15H,3-5,11H2,1-2H3/t15-,20+/m0/s1. The summed E-state index contributed by atoms with van der Waals surface area (Å²) < 4.78 is 16.5. The molecule has 2 aliphatic rings. The van der Waals surface area contributed by atoms with Gasteiger partial charge in [-0.25, -0.2) is 4.79 Å². The van der Waals surface area contributed by atoms with Gasteiger partial charge in [-0.15, -0.1) is 0 Å². The Labute approximate surface area is 161 Å². The summed E-state index contributed by atoms with van der Waals surface area (Å²) in [5.41, 5.74) is 0.0551. The van der Waals surface area contributed by atoms with Crippen molar-refractivity contribution in [2.24, 2.45) is 5.41 Å². The smallest absolute Gasteiger partial charge is 0.374 e. The molecule has 1 aromatic rings. The molecule has 0 saturated carbocycles. The van der Waals surface area contributed by atoms with E-state index in [-0.39, 0.29) is 18.3 Å². The molecule has 0 N–H and O–H groups in total. The Morgan fingerprint density at radius 1 is 1.35 bits per heavy atom. The Hall–Kier alpha value is -2.08. The van der Waals surface area contributed by atoms with Gasteiger partial charge in [-0.05, 0) is 50.0 Å². The van der Waals surface area contributed by atoms with Crippen molar-refractivity contribution in [3.05, 3.63) is 52.2 Å². The van der Waals surface area contributed by atoms with Gasteiger partial charge in [-0.2, -0.15) is 0 Å². The van der Waals surface area contributed by atoms with Gasteiger partial charge >= 0.3 is 11.9 Å². The monoisotopic (exact) mass is 420 g/mol. The van der Waals surface area contributed by atoms with E-state index in [2.05, 4.69) is 15.9 Å². The molecule has 0 aromatic heterocycles. The molecule has 6 heteroatoms. The minimum Gasteiger partial charge on any atom is -0.497 e. The van der Waals surface area contributed by atoms with E-state index < -0.39 is 17.4 Å². The maximum atomic E-state index is 13.0. The second-order valence-corrected chi connectivity index (χ2v) is 7.16. The van der Waals surface area contributed by atoms with Gasteiger partial charge in [-0.3, -0.25) is 4.79 Å². The molecular weight excluding hydrogens is 400 g/mol. The van der Waals surface area contributed by atoms with Gasteiger partial charge in [0.2, 0.25) is 5.76 Å². The van der Waals surface area contributed by atoms with Crippen molar-refractivity contribution in [3.8, 4) is 5.75 Å². The topological polar surface area (TPSA) is 61.8 Å². The number of methoxy groups -OCH3 is 1. The molecule has 0 bridgehead atoms. The van der Waals surface area contributed by atoms with Crippen LogP contribution < -0.4 is 4.74 Å². The molecule has 5 nitrogen and oxygen atoms in total. The normalized spacial score (nSPS) is 25.2. The van der Waals surface area contributed by atoms with Crippen molar-refractivity contribution in [1.29, 1.82) is 0 Å². The number of allylic oxidation sites excluding steroid dienone is 2. The highest BCUT2D eigenvalue weighted by Gasteiger charge is 2.53. The summed E-state index contributed by atoms with van der Waals surface area (Å²) in [5.74, 6) is -0.694. The first-order valence-corrected chi connectivity index (χ1v) is 9.43. The van der Waals surface area contributed by atoms with Crippen LogP contribution in [-0.2, 0) is 19.1 Å². The van der Waals surface area contributed by atoms with Crippen molar-refractivity contribution < 1.29 is 23.8 Å². The molecule has 26 heavy (non-hydrogen) atoms. The average molecular weight is 421 g/mol. The summed E-state index contributed by atoms with van der Waals surface area (Å²) in [6.07, 6.45) is 6.15. The van der Waals surface area contributed by atoms with Gasteiger partial charge in [0, 0.05) is 10.4 Å². The van der Waals surface area contributed by atoms with Crippen LogP contribution in [0.2, 0.25) is 0 Å². The molecule has 3 rings (SSSR count). The van der Waals surface area contributed by atoms with E-state index in [0.717, 1.165) is 28.6 Å². The second-order valence-electron chi connectivity index (χ2n) is 6.31. The Morgan fingerprint density at radius 2 is 2.08 bits per heavy atom. The number of halogens is 1. The molecule has 1 aromatic carbocycles. The molecule has 0 radical (unpaired) electrons. The summed E-state index contributed by atoms with van der Waals surface area (Å²) >= 11 is 3.59. The zero-order chi connectivity index (χ0) is 18.7. The van der Waals surface area contributed by atoms with Crippen LogP contribution in [0.3, 0.4) is 0 Å². The highest BCUT2D eigenvalue weighted by molar-refractivity contribution is 9.11. The lowest BCUT2D eigenvalue weighted by Crippen LogP contribution is -2.43. The van der Waals surface area contributed by atoms with Crippen LogP contribution in [0, 0.1) is 5.41 Å². The van der Waals surface area contributed by atoms with Crippen LogP contribution in [0.25, 0.3) is 0 Å². The number of ether oxygens (including phenoxy) is 3. The molecule has 0 saturated heterocycles. The Balaban J connectivity index is 2.11. The Bertz CT molecular complexity index is 765. The van der Waals surface area contributed by atoms with Crippen LogP contribution in [0.5, 0.6) is 5.75 Å². The fourth-order valence-corrected chi connectivity index (χ4v) is 4.40. The number of carbonyl (C=O) groups excluding carboxylic acids is 2. The highest BCUT2D eigenvalue weighted by Crippen LogP contribution is 2.55. The van der Waals surface area contributed by atoms with Crippen molar-refractivity contribution in [1.82, 2.24) is 0 Å². The maximum absolute atomic E-state index is 13.0. The molecule has 0 amide bonds. The lowest BCUT2D eigenvalue weighted by molar-refractivity contribution is -0.159. The van der Waals surface area contributed by atoms with E-state index in [4.69, 9.17) is 14.2 Å². The first-order chi connectivity index (χ1) is 12.5. The number of esters is 2. The molecule has 1 spiro atoms. The molecular formula is C20H21BrO5. The Kier molecular flexibility index (Phi) is 5.51. The lowest BCUT2D eigenvalue weighted by Gasteiger charge is -2.42. The lowest BCUT2D eigenvalue weighted by atomic mass is 9.65. The van der Waals surface area contributed by atoms with Crippen LogP contribution in [0.15, 0.2) is 46.7 Å². The second kappa shape index (κ2) is 7.66. The van der Waals surface area contributed by atoms with E-state index in [1.165, 1.54) is 0 Å². The third kappa shape index (κ3) is 3.18. The summed E-state index contributed by atoms with van der Waals surface area (Å²) in [6, 6.07) is 7.53. The fraction of sp³-hybridized carbons (Fsp3) is 0.400. The zero-order valence-electron chi connectivity index (χ0n) is 14.8. The zero-order valence-corrected chi connectivity index (χ0v) is 16.4. The van der Waals surface area contributed by atoms with E-state index in [1.54, 1.807) is 20.1 Å². The van der Waals surface area contributed by atoms with Crippen molar-refractivity contribution in [2.45, 2.75) is 32.1 Å². The summed E-state index contributed by atoms with van der Waals surface area (Å²) in [6.45, 7) is 1.93. The van der Waals surface area contributed by atoms with Crippen LogP contribution in [0.1, 0.15) is 37.7 Å². The van der Waals surface area contributed by atoms with Crippen molar-refractivity contribution in [3.63, 3.8) is 0 Å². The predicted octanol–water partition coefficient (Wildman–Crippen LogP) is 4.23. The van der Waals surface area contributed by atoms with Gasteiger partial charge in [-0.1, -0.05) is 34.1 Å². The van der Waals surface area contributed by atoms with E-state index in [1.807, 2.05) is 30.3 Å². The number of rotatable bonds is 4. The van der Waals surface area contributed by atoms with E-state index in [0.29, 0.717) is 6.42 Å². The SMILES string of the molecule is CCOC(=O)C1=C[C@@H](c2ccc(OC)cc2)[C@@]2(CCCC=C2Br)C(=O)O1. The number of hydrogen-bond acceptors (Lipinski definition) is 5. The number of carbonyl (C=O) groups is 2. The van der Waals surface area contributed by atoms with Gasteiger partial charge in [0.1, 0.15) is 11.2 Å². The minimum absolute atomic E-state index is 0.0471. The van der Waals surface area contributed by atoms with E-state index in [9.17, 15) is 9.59 Å². The van der Waals surface area contributed by atoms with E-state index >= 15 is 0 Å². The first-order valence-electron chi connectivity index (χ1n) is 8.64. The summed E-state index contributed by atoms with van der Waals surface area (Å²) in [5, 5.41) is 0. The molecule has 0 fully saturated rings. The predicted molar refractivity (Wildman–Crippen MR) is 99.8 cm³/mol. The summed E-state index contributed by atoms with van der Waals surface area (Å²) in [7, 11) is 1.60. The van der Waals surface area contributed by atoms with Gasteiger partial charge < -0.3 is 14.2 Å². The minimum atomic E-state index is -0.858. The maximum Gasteiger partial charge on any atom is 0.374 e. The third-order valence-electron chi connectivity index (χ3n) is 4.89. The first kappa shape index (κ1) is 18.7. The molecule has 2 atom stereocenters. The van der Waals surface area contributed by atoms with Gasteiger partial charge in [0.05, 0.1) is 13.7 Å². The third-order valence-corrected chi connectivity index (χ3v) is 5.92. The Morgan fingerprint density at radius 3 is 2.69 bits per heavy atom. The highest BCUT2D eigenvalue weighted by atomic mass is 79.9. The molecule has 138 valence electrons. The number of cyclic esters (lactones) is 1. The quantitative estimate of drug-likeness (QED) is 0.681. The average Bonchev–Trinajstić information content (AvgIpc) is 2.66. The molecule has 1 aliphatic carbocycles.